The van der Waals surface area contributed by atoms with E-state index in [0.29, 0.717) is 12.7 Å². The van der Waals surface area contributed by atoms with Crippen LogP contribution in [0.3, 0.4) is 0 Å². The van der Waals surface area contributed by atoms with Crippen LogP contribution in [0.4, 0.5) is 0 Å². The first-order chi connectivity index (χ1) is 11.8. The molecule has 6 heteroatoms. The van der Waals surface area contributed by atoms with Gasteiger partial charge in [0.2, 0.25) is 0 Å². The van der Waals surface area contributed by atoms with Gasteiger partial charge in [-0.05, 0) is 43.4 Å². The smallest absolute Gasteiger partial charge is 0.190 e. The first kappa shape index (κ1) is 19.0. The summed E-state index contributed by atoms with van der Waals surface area (Å²) in [5, 5.41) is 7.38. The fraction of sp³-hybridized carbons (Fsp3) is 0.611. The van der Waals surface area contributed by atoms with E-state index >= 15 is 0 Å². The largest absolute Gasteiger partial charge is 0.379 e. The monoisotopic (exact) mass is 353 g/mol. The number of rotatable bonds is 9. The topological polar surface area (TPSA) is 54.9 Å². The molecule has 0 spiro atoms. The molecule has 1 aromatic rings. The minimum Gasteiger partial charge on any atom is -0.379 e. The molecule has 0 radical (unpaired) electrons. The number of guanidine groups is 1. The minimum atomic E-state index is 0.306. The molecule has 0 aliphatic carbocycles. The van der Waals surface area contributed by atoms with Gasteiger partial charge in [-0.2, -0.15) is 0 Å². The van der Waals surface area contributed by atoms with E-state index in [9.17, 15) is 0 Å². The van der Waals surface area contributed by atoms with Crippen molar-refractivity contribution in [3.05, 3.63) is 34.9 Å². The van der Waals surface area contributed by atoms with Crippen LogP contribution in [-0.2, 0) is 15.9 Å². The molecule has 0 amide bonds. The summed E-state index contributed by atoms with van der Waals surface area (Å²) in [5.41, 5.74) is 1.25. The van der Waals surface area contributed by atoms with Crippen molar-refractivity contribution in [1.29, 1.82) is 0 Å². The Labute approximate surface area is 149 Å². The number of hydrogen-bond donors (Lipinski definition) is 2. The molecular formula is C18H28ClN3O2. The fourth-order valence-corrected chi connectivity index (χ4v) is 2.69. The SMILES string of the molecule is CN=C(NCCCOCC1CCCO1)NCCc1ccc(Cl)cc1. The van der Waals surface area contributed by atoms with Crippen molar-refractivity contribution in [3.8, 4) is 0 Å². The third-order valence-corrected chi connectivity index (χ3v) is 4.18. The number of aliphatic imine (C=N–C) groups is 1. The predicted molar refractivity (Wildman–Crippen MR) is 98.9 cm³/mol. The number of hydrogen-bond acceptors (Lipinski definition) is 3. The molecule has 1 saturated heterocycles. The zero-order chi connectivity index (χ0) is 17.0. The third-order valence-electron chi connectivity index (χ3n) is 3.93. The van der Waals surface area contributed by atoms with Crippen molar-refractivity contribution in [2.45, 2.75) is 31.8 Å². The standard InChI is InChI=1S/C18H28ClN3O2/c1-20-18(22-11-9-15-5-7-16(19)8-6-15)21-10-3-12-23-14-17-4-2-13-24-17/h5-8,17H,2-4,9-14H2,1H3,(H2,20,21,22). The van der Waals surface area contributed by atoms with Crippen molar-refractivity contribution < 1.29 is 9.47 Å². The molecule has 0 aromatic heterocycles. The van der Waals surface area contributed by atoms with Crippen LogP contribution in [0.5, 0.6) is 0 Å². The van der Waals surface area contributed by atoms with Gasteiger partial charge in [-0.1, -0.05) is 23.7 Å². The number of nitrogens with one attached hydrogen (secondary N) is 2. The second-order valence-electron chi connectivity index (χ2n) is 5.87. The highest BCUT2D eigenvalue weighted by Gasteiger charge is 2.14. The van der Waals surface area contributed by atoms with Gasteiger partial charge in [0.15, 0.2) is 5.96 Å². The summed E-state index contributed by atoms with van der Waals surface area (Å²) in [4.78, 5) is 4.23. The Kier molecular flexibility index (Phi) is 8.95. The molecule has 24 heavy (non-hydrogen) atoms. The third kappa shape index (κ3) is 7.51. The van der Waals surface area contributed by atoms with E-state index in [1.807, 2.05) is 24.3 Å². The van der Waals surface area contributed by atoms with Gasteiger partial charge in [0.25, 0.3) is 0 Å². The normalized spacial score (nSPS) is 17.9. The average Bonchev–Trinajstić information content (AvgIpc) is 3.11. The van der Waals surface area contributed by atoms with Gasteiger partial charge >= 0.3 is 0 Å². The molecule has 1 fully saturated rings. The van der Waals surface area contributed by atoms with Crippen molar-refractivity contribution in [3.63, 3.8) is 0 Å². The van der Waals surface area contributed by atoms with Crippen LogP contribution in [-0.4, -0.2) is 52.0 Å². The number of ether oxygens (including phenoxy) is 2. The van der Waals surface area contributed by atoms with Crippen molar-refractivity contribution in [1.82, 2.24) is 10.6 Å². The average molecular weight is 354 g/mol. The molecule has 2 rings (SSSR count). The van der Waals surface area contributed by atoms with Gasteiger partial charge in [0, 0.05) is 38.4 Å². The lowest BCUT2D eigenvalue weighted by Gasteiger charge is -2.13. The number of benzene rings is 1. The first-order valence-electron chi connectivity index (χ1n) is 8.66. The van der Waals surface area contributed by atoms with Gasteiger partial charge in [0.05, 0.1) is 12.7 Å². The van der Waals surface area contributed by atoms with Crippen molar-refractivity contribution >= 4 is 17.6 Å². The van der Waals surface area contributed by atoms with Crippen LogP contribution in [0.15, 0.2) is 29.3 Å². The van der Waals surface area contributed by atoms with Gasteiger partial charge in [-0.15, -0.1) is 0 Å². The van der Waals surface area contributed by atoms with Crippen LogP contribution in [0.25, 0.3) is 0 Å². The maximum atomic E-state index is 5.89. The Bertz CT molecular complexity index is 488. The highest BCUT2D eigenvalue weighted by molar-refractivity contribution is 6.30. The van der Waals surface area contributed by atoms with E-state index in [4.69, 9.17) is 21.1 Å². The molecule has 1 atom stereocenters. The second-order valence-corrected chi connectivity index (χ2v) is 6.30. The van der Waals surface area contributed by atoms with Crippen LogP contribution in [0.1, 0.15) is 24.8 Å². The quantitative estimate of drug-likeness (QED) is 0.407. The molecule has 1 aliphatic rings. The summed E-state index contributed by atoms with van der Waals surface area (Å²) in [6, 6.07) is 7.93. The molecule has 2 N–H and O–H groups in total. The molecule has 5 nitrogen and oxygen atoms in total. The Hall–Kier alpha value is -1.30. The zero-order valence-electron chi connectivity index (χ0n) is 14.4. The lowest BCUT2D eigenvalue weighted by Crippen LogP contribution is -2.39. The molecule has 1 aromatic carbocycles. The lowest BCUT2D eigenvalue weighted by molar-refractivity contribution is 0.0168. The highest BCUT2D eigenvalue weighted by atomic mass is 35.5. The van der Waals surface area contributed by atoms with Gasteiger partial charge < -0.3 is 20.1 Å². The molecule has 0 saturated carbocycles. The Morgan fingerprint density at radius 3 is 2.79 bits per heavy atom. The van der Waals surface area contributed by atoms with E-state index in [2.05, 4.69) is 15.6 Å². The van der Waals surface area contributed by atoms with E-state index in [1.54, 1.807) is 7.05 Å². The van der Waals surface area contributed by atoms with E-state index < -0.39 is 0 Å². The summed E-state index contributed by atoms with van der Waals surface area (Å²) < 4.78 is 11.2. The van der Waals surface area contributed by atoms with Gasteiger partial charge in [-0.25, -0.2) is 0 Å². The molecular weight excluding hydrogens is 326 g/mol. The molecule has 1 aliphatic heterocycles. The molecule has 1 unspecified atom stereocenters. The molecule has 134 valence electrons. The van der Waals surface area contributed by atoms with E-state index in [-0.39, 0.29) is 0 Å². The van der Waals surface area contributed by atoms with E-state index in [1.165, 1.54) is 5.56 Å². The summed E-state index contributed by atoms with van der Waals surface area (Å²) in [7, 11) is 1.78. The maximum Gasteiger partial charge on any atom is 0.190 e. The van der Waals surface area contributed by atoms with E-state index in [0.717, 1.165) is 63.0 Å². The number of nitrogens with zero attached hydrogens (tertiary/aromatic N) is 1. The van der Waals surface area contributed by atoms with Crippen molar-refractivity contribution in [2.75, 3.05) is 40.0 Å². The van der Waals surface area contributed by atoms with Crippen LogP contribution in [0.2, 0.25) is 5.02 Å². The molecule has 1 heterocycles. The van der Waals surface area contributed by atoms with Crippen molar-refractivity contribution in [2.24, 2.45) is 4.99 Å². The van der Waals surface area contributed by atoms with Crippen LogP contribution < -0.4 is 10.6 Å². The van der Waals surface area contributed by atoms with Crippen LogP contribution >= 0.6 is 11.6 Å². The number of halogens is 1. The summed E-state index contributed by atoms with van der Waals surface area (Å²) in [6.07, 6.45) is 4.48. The summed E-state index contributed by atoms with van der Waals surface area (Å²) in [5.74, 6) is 0.822. The Morgan fingerprint density at radius 1 is 1.29 bits per heavy atom. The highest BCUT2D eigenvalue weighted by Crippen LogP contribution is 2.12. The van der Waals surface area contributed by atoms with Gasteiger partial charge in [0.1, 0.15) is 0 Å². The van der Waals surface area contributed by atoms with Crippen LogP contribution in [0, 0.1) is 0 Å². The molecule has 0 bridgehead atoms. The maximum absolute atomic E-state index is 5.89. The fourth-order valence-electron chi connectivity index (χ4n) is 2.57. The predicted octanol–water partition coefficient (Wildman–Crippen LogP) is 2.63. The minimum absolute atomic E-state index is 0.306. The Morgan fingerprint density at radius 2 is 2.08 bits per heavy atom. The van der Waals surface area contributed by atoms with Gasteiger partial charge in [-0.3, -0.25) is 4.99 Å². The Balaban J connectivity index is 1.49. The summed E-state index contributed by atoms with van der Waals surface area (Å²) >= 11 is 5.89. The zero-order valence-corrected chi connectivity index (χ0v) is 15.1. The lowest BCUT2D eigenvalue weighted by atomic mass is 10.1. The first-order valence-corrected chi connectivity index (χ1v) is 9.04. The second kappa shape index (κ2) is 11.3. The summed E-state index contributed by atoms with van der Waals surface area (Å²) in [6.45, 7) is 4.01.